The minimum atomic E-state index is -0.544. The summed E-state index contributed by atoms with van der Waals surface area (Å²) in [5.74, 6) is -1.42. The molecule has 0 saturated carbocycles. The lowest BCUT2D eigenvalue weighted by atomic mass is 10.3. The van der Waals surface area contributed by atoms with E-state index in [1.54, 1.807) is 42.7 Å². The number of Topliss-reactive ketones (excluding diaryl/α,β-unsaturated/α-hetero) is 1. The molecule has 3 heterocycles. The Hall–Kier alpha value is -5.21. The van der Waals surface area contributed by atoms with E-state index in [-0.39, 0.29) is 61.1 Å². The number of hydrogen-bond donors (Lipinski definition) is 5. The number of carbonyl (C=O) groups excluding carboxylic acids is 6. The van der Waals surface area contributed by atoms with Crippen molar-refractivity contribution in [3.63, 3.8) is 0 Å². The van der Waals surface area contributed by atoms with E-state index < -0.39 is 5.91 Å². The standard InChI is InChI=1S/C26H33N9O6/c1-16(37)7-9-28-25(40)20-11-18(13-34(20)3)30-26(41)23-32-21(14-35(23)4)31-22(38)6-5-8-27-24(39)19-10-17(29-15-36)12-33(19)2/h10-15H,5-9H2,1-4H3,(H,27,39)(H,28,40)(H,29,36)(H,30,41)(H,31,38). The van der Waals surface area contributed by atoms with Crippen molar-refractivity contribution >= 4 is 53.0 Å². The number of nitrogens with one attached hydrogen (secondary N) is 5. The average molecular weight is 568 g/mol. The second-order valence-corrected chi connectivity index (χ2v) is 9.34. The molecule has 218 valence electrons. The van der Waals surface area contributed by atoms with Crippen molar-refractivity contribution in [3.8, 4) is 0 Å². The van der Waals surface area contributed by atoms with Crippen LogP contribution in [0.5, 0.6) is 0 Å². The Morgan fingerprint density at radius 3 is 2.02 bits per heavy atom. The number of imidazole rings is 1. The highest BCUT2D eigenvalue weighted by Gasteiger charge is 2.18. The van der Waals surface area contributed by atoms with Gasteiger partial charge in [0.1, 0.15) is 17.2 Å². The Morgan fingerprint density at radius 2 is 1.39 bits per heavy atom. The van der Waals surface area contributed by atoms with Crippen molar-refractivity contribution in [1.82, 2.24) is 29.3 Å². The minimum Gasteiger partial charge on any atom is -0.351 e. The fraction of sp³-hybridized carbons (Fsp3) is 0.346. The Bertz CT molecular complexity index is 1470. The molecule has 15 nitrogen and oxygen atoms in total. The van der Waals surface area contributed by atoms with Gasteiger partial charge < -0.3 is 40.3 Å². The zero-order valence-corrected chi connectivity index (χ0v) is 23.2. The van der Waals surface area contributed by atoms with Gasteiger partial charge in [-0.15, -0.1) is 0 Å². The fourth-order valence-corrected chi connectivity index (χ4v) is 3.91. The smallest absolute Gasteiger partial charge is 0.291 e. The van der Waals surface area contributed by atoms with Crippen LogP contribution >= 0.6 is 0 Å². The first-order valence-electron chi connectivity index (χ1n) is 12.7. The van der Waals surface area contributed by atoms with E-state index >= 15 is 0 Å². The van der Waals surface area contributed by atoms with Gasteiger partial charge in [-0.05, 0) is 25.5 Å². The zero-order chi connectivity index (χ0) is 30.1. The maximum Gasteiger partial charge on any atom is 0.291 e. The van der Waals surface area contributed by atoms with Crippen molar-refractivity contribution in [1.29, 1.82) is 0 Å². The summed E-state index contributed by atoms with van der Waals surface area (Å²) in [6.07, 6.45) is 5.88. The van der Waals surface area contributed by atoms with Crippen LogP contribution in [0.3, 0.4) is 0 Å². The Morgan fingerprint density at radius 1 is 0.780 bits per heavy atom. The van der Waals surface area contributed by atoms with Gasteiger partial charge in [-0.25, -0.2) is 4.98 Å². The Kier molecular flexibility index (Phi) is 10.2. The van der Waals surface area contributed by atoms with Crippen molar-refractivity contribution in [2.75, 3.05) is 29.0 Å². The van der Waals surface area contributed by atoms with Gasteiger partial charge in [-0.3, -0.25) is 28.8 Å². The highest BCUT2D eigenvalue weighted by Crippen LogP contribution is 2.16. The van der Waals surface area contributed by atoms with Crippen LogP contribution in [0.15, 0.2) is 30.7 Å². The Balaban J connectivity index is 1.47. The van der Waals surface area contributed by atoms with E-state index in [0.29, 0.717) is 35.6 Å². The van der Waals surface area contributed by atoms with Crippen LogP contribution in [0.25, 0.3) is 0 Å². The lowest BCUT2D eigenvalue weighted by Gasteiger charge is -2.06. The molecule has 0 unspecified atom stereocenters. The second-order valence-electron chi connectivity index (χ2n) is 9.34. The van der Waals surface area contributed by atoms with E-state index in [0.717, 1.165) is 0 Å². The normalized spacial score (nSPS) is 10.5. The first-order chi connectivity index (χ1) is 19.5. The predicted molar refractivity (Wildman–Crippen MR) is 150 cm³/mol. The molecule has 0 fully saturated rings. The zero-order valence-electron chi connectivity index (χ0n) is 23.2. The van der Waals surface area contributed by atoms with Crippen molar-refractivity contribution in [2.24, 2.45) is 21.1 Å². The van der Waals surface area contributed by atoms with Gasteiger partial charge in [-0.2, -0.15) is 0 Å². The van der Waals surface area contributed by atoms with Crippen LogP contribution in [0.4, 0.5) is 17.2 Å². The molecule has 3 aromatic rings. The number of amides is 5. The number of carbonyl (C=O) groups is 6. The predicted octanol–water partition coefficient (Wildman–Crippen LogP) is 0.775. The molecule has 0 bridgehead atoms. The number of nitrogens with zero attached hydrogens (tertiary/aromatic N) is 4. The first-order valence-corrected chi connectivity index (χ1v) is 12.7. The van der Waals surface area contributed by atoms with Crippen LogP contribution in [-0.2, 0) is 35.5 Å². The molecule has 0 aliphatic carbocycles. The second kappa shape index (κ2) is 13.7. The number of aryl methyl sites for hydroxylation is 3. The molecule has 0 aliphatic heterocycles. The topological polar surface area (TPSA) is 190 Å². The first kappa shape index (κ1) is 30.3. The number of anilines is 3. The van der Waals surface area contributed by atoms with Crippen molar-refractivity contribution < 1.29 is 28.8 Å². The quantitative estimate of drug-likeness (QED) is 0.140. The van der Waals surface area contributed by atoms with E-state index in [1.807, 2.05) is 0 Å². The Labute approximate surface area is 235 Å². The minimum absolute atomic E-state index is 0.0342. The molecule has 5 amide bonds. The SMILES string of the molecule is CC(=O)CCNC(=O)c1cc(NC(=O)c2nc(NC(=O)CCCNC(=O)c3cc(NC=O)cn3C)cn2C)cn1C. The summed E-state index contributed by atoms with van der Waals surface area (Å²) in [7, 11) is 4.93. The molecule has 0 atom stereocenters. The molecule has 15 heteroatoms. The summed E-state index contributed by atoms with van der Waals surface area (Å²) in [4.78, 5) is 75.7. The third-order valence-corrected chi connectivity index (χ3v) is 5.93. The van der Waals surface area contributed by atoms with Crippen LogP contribution in [0, 0.1) is 0 Å². The van der Waals surface area contributed by atoms with E-state index in [1.165, 1.54) is 29.8 Å². The number of ketones is 1. The van der Waals surface area contributed by atoms with Crippen LogP contribution in [0.1, 0.15) is 57.8 Å². The van der Waals surface area contributed by atoms with E-state index in [2.05, 4.69) is 31.6 Å². The summed E-state index contributed by atoms with van der Waals surface area (Å²) >= 11 is 0. The summed E-state index contributed by atoms with van der Waals surface area (Å²) < 4.78 is 4.58. The third kappa shape index (κ3) is 8.39. The van der Waals surface area contributed by atoms with Crippen LogP contribution < -0.4 is 26.6 Å². The summed E-state index contributed by atoms with van der Waals surface area (Å²) in [6, 6.07) is 3.04. The number of aromatic nitrogens is 4. The molecule has 0 radical (unpaired) electrons. The average Bonchev–Trinajstić information content (AvgIpc) is 3.57. The molecule has 0 spiro atoms. The molecular weight excluding hydrogens is 534 g/mol. The van der Waals surface area contributed by atoms with Gasteiger partial charge in [-0.1, -0.05) is 0 Å². The molecular formula is C26H33N9O6. The molecule has 3 aromatic heterocycles. The number of rotatable bonds is 14. The van der Waals surface area contributed by atoms with Crippen LogP contribution in [-0.4, -0.2) is 67.6 Å². The monoisotopic (exact) mass is 567 g/mol. The van der Waals surface area contributed by atoms with Crippen molar-refractivity contribution in [3.05, 3.63) is 47.9 Å². The van der Waals surface area contributed by atoms with Crippen molar-refractivity contribution in [2.45, 2.75) is 26.2 Å². The largest absolute Gasteiger partial charge is 0.351 e. The van der Waals surface area contributed by atoms with Gasteiger partial charge in [0.2, 0.25) is 18.1 Å². The van der Waals surface area contributed by atoms with Gasteiger partial charge in [0, 0.05) is 65.7 Å². The molecule has 0 aliphatic rings. The molecule has 3 rings (SSSR count). The van der Waals surface area contributed by atoms with Gasteiger partial charge in [0.25, 0.3) is 17.7 Å². The molecule has 5 N–H and O–H groups in total. The molecule has 0 saturated heterocycles. The highest BCUT2D eigenvalue weighted by atomic mass is 16.2. The fourth-order valence-electron chi connectivity index (χ4n) is 3.91. The maximum atomic E-state index is 12.8. The summed E-state index contributed by atoms with van der Waals surface area (Å²) in [5, 5.41) is 13.2. The molecule has 0 aromatic carbocycles. The van der Waals surface area contributed by atoms with E-state index in [4.69, 9.17) is 0 Å². The molecule has 41 heavy (non-hydrogen) atoms. The third-order valence-electron chi connectivity index (χ3n) is 5.93. The van der Waals surface area contributed by atoms with Gasteiger partial charge >= 0.3 is 0 Å². The highest BCUT2D eigenvalue weighted by molar-refractivity contribution is 6.03. The summed E-state index contributed by atoms with van der Waals surface area (Å²) in [6.45, 7) is 1.91. The van der Waals surface area contributed by atoms with Crippen LogP contribution in [0.2, 0.25) is 0 Å². The number of hydrogen-bond acceptors (Lipinski definition) is 7. The lowest BCUT2D eigenvalue weighted by molar-refractivity contribution is -0.117. The van der Waals surface area contributed by atoms with Gasteiger partial charge in [0.05, 0.1) is 11.4 Å². The maximum absolute atomic E-state index is 12.8. The van der Waals surface area contributed by atoms with E-state index in [9.17, 15) is 28.8 Å². The summed E-state index contributed by atoms with van der Waals surface area (Å²) in [5.41, 5.74) is 1.53. The lowest BCUT2D eigenvalue weighted by Crippen LogP contribution is -2.27. The van der Waals surface area contributed by atoms with Gasteiger partial charge in [0.15, 0.2) is 5.82 Å².